The van der Waals surface area contributed by atoms with E-state index >= 15 is 0 Å². The molecule has 76 valence electrons. The van der Waals surface area contributed by atoms with Crippen LogP contribution in [0.15, 0.2) is 12.1 Å². The summed E-state index contributed by atoms with van der Waals surface area (Å²) in [7, 11) is 0. The molecule has 1 aromatic rings. The Labute approximate surface area is 83.7 Å². The quantitative estimate of drug-likeness (QED) is 0.699. The molecule has 0 aromatic heterocycles. The molecule has 0 bridgehead atoms. The van der Waals surface area contributed by atoms with Crippen molar-refractivity contribution in [2.24, 2.45) is 5.73 Å². The number of phenolic OH excluding ortho intramolecular Hbond substituents is 1. The van der Waals surface area contributed by atoms with E-state index in [1.54, 1.807) is 0 Å². The smallest absolute Gasteiger partial charge is 0.325 e. The number of aromatic hydroxyl groups is 1. The Balaban J connectivity index is 3.26. The van der Waals surface area contributed by atoms with Crippen LogP contribution < -0.4 is 5.73 Å². The van der Waals surface area contributed by atoms with Crippen LogP contribution in [0.25, 0.3) is 0 Å². The highest BCUT2D eigenvalue weighted by atomic mass is 35.5. The van der Waals surface area contributed by atoms with Gasteiger partial charge in [0.1, 0.15) is 6.04 Å². The predicted molar refractivity (Wildman–Crippen MR) is 47.6 cm³/mol. The van der Waals surface area contributed by atoms with Gasteiger partial charge in [-0.3, -0.25) is 4.79 Å². The molecule has 6 heteroatoms. The average Bonchev–Trinajstić information content (AvgIpc) is 2.09. The second kappa shape index (κ2) is 3.81. The van der Waals surface area contributed by atoms with Crippen LogP contribution in [-0.4, -0.2) is 16.2 Å². The number of hydrogen-bond donors (Lipinski definition) is 3. The summed E-state index contributed by atoms with van der Waals surface area (Å²) in [6.07, 6.45) is 0. The molecule has 0 saturated carbocycles. The molecule has 0 unspecified atom stereocenters. The Morgan fingerprint density at radius 1 is 1.57 bits per heavy atom. The number of phenols is 1. The maximum atomic E-state index is 12.9. The third-order valence-corrected chi connectivity index (χ3v) is 1.88. The summed E-state index contributed by atoms with van der Waals surface area (Å²) in [5.41, 5.74) is 4.94. The lowest BCUT2D eigenvalue weighted by Gasteiger charge is -2.09. The molecule has 0 saturated heterocycles. The van der Waals surface area contributed by atoms with E-state index in [4.69, 9.17) is 27.5 Å². The van der Waals surface area contributed by atoms with Crippen LogP contribution in [0.5, 0.6) is 5.75 Å². The van der Waals surface area contributed by atoms with Crippen LogP contribution in [0.3, 0.4) is 0 Å². The Hall–Kier alpha value is -1.33. The first-order valence-electron chi connectivity index (χ1n) is 3.59. The highest BCUT2D eigenvalue weighted by Crippen LogP contribution is 2.29. The van der Waals surface area contributed by atoms with Crippen LogP contribution in [0.4, 0.5) is 4.39 Å². The summed E-state index contributed by atoms with van der Waals surface area (Å²) in [5.74, 6) is -3.16. The fourth-order valence-corrected chi connectivity index (χ4v) is 1.17. The molecular formula is C8H7ClFNO3. The number of rotatable bonds is 2. The van der Waals surface area contributed by atoms with Gasteiger partial charge in [0, 0.05) is 10.6 Å². The molecule has 1 aromatic carbocycles. The summed E-state index contributed by atoms with van der Waals surface area (Å²) in [4.78, 5) is 10.5. The number of carboxylic acid groups (broad SMARTS) is 1. The fourth-order valence-electron chi connectivity index (χ4n) is 0.956. The van der Waals surface area contributed by atoms with Gasteiger partial charge in [0.15, 0.2) is 11.6 Å². The molecule has 0 aliphatic heterocycles. The maximum absolute atomic E-state index is 12.9. The average molecular weight is 220 g/mol. The molecule has 14 heavy (non-hydrogen) atoms. The van der Waals surface area contributed by atoms with Gasteiger partial charge < -0.3 is 15.9 Å². The van der Waals surface area contributed by atoms with Crippen molar-refractivity contribution in [2.75, 3.05) is 0 Å². The summed E-state index contributed by atoms with van der Waals surface area (Å²) in [6, 6.07) is 0.483. The van der Waals surface area contributed by atoms with E-state index in [-0.39, 0.29) is 10.6 Å². The van der Waals surface area contributed by atoms with Crippen LogP contribution in [0.2, 0.25) is 5.02 Å². The van der Waals surface area contributed by atoms with Gasteiger partial charge in [0.05, 0.1) is 0 Å². The first-order valence-corrected chi connectivity index (χ1v) is 3.97. The predicted octanol–water partition coefficient (Wildman–Crippen LogP) is 1.27. The highest BCUT2D eigenvalue weighted by Gasteiger charge is 2.21. The van der Waals surface area contributed by atoms with E-state index in [2.05, 4.69) is 0 Å². The van der Waals surface area contributed by atoms with E-state index < -0.39 is 23.6 Å². The second-order valence-corrected chi connectivity index (χ2v) is 3.08. The van der Waals surface area contributed by atoms with Crippen LogP contribution in [0.1, 0.15) is 11.6 Å². The first-order chi connectivity index (χ1) is 6.43. The minimum atomic E-state index is -1.50. The lowest BCUT2D eigenvalue weighted by molar-refractivity contribution is -0.138. The highest BCUT2D eigenvalue weighted by molar-refractivity contribution is 6.30. The third kappa shape index (κ3) is 1.94. The number of carbonyl (C=O) groups is 1. The van der Waals surface area contributed by atoms with Crippen LogP contribution >= 0.6 is 11.6 Å². The van der Waals surface area contributed by atoms with E-state index in [0.717, 1.165) is 12.1 Å². The Bertz CT molecular complexity index is 383. The Morgan fingerprint density at radius 3 is 2.64 bits per heavy atom. The number of aliphatic carboxylic acids is 1. The van der Waals surface area contributed by atoms with Crippen molar-refractivity contribution >= 4 is 17.6 Å². The van der Waals surface area contributed by atoms with Crippen molar-refractivity contribution in [1.29, 1.82) is 0 Å². The van der Waals surface area contributed by atoms with Crippen molar-refractivity contribution in [2.45, 2.75) is 6.04 Å². The SMILES string of the molecule is N[C@H](C(=O)O)c1cc(Cl)cc(F)c1O. The number of halogens is 2. The number of hydrogen-bond acceptors (Lipinski definition) is 3. The molecule has 1 atom stereocenters. The monoisotopic (exact) mass is 219 g/mol. The van der Waals surface area contributed by atoms with Crippen LogP contribution in [-0.2, 0) is 4.79 Å². The number of benzene rings is 1. The molecule has 0 heterocycles. The van der Waals surface area contributed by atoms with Crippen molar-refractivity contribution in [3.63, 3.8) is 0 Å². The fraction of sp³-hybridized carbons (Fsp3) is 0.125. The lowest BCUT2D eigenvalue weighted by atomic mass is 10.1. The number of nitrogens with two attached hydrogens (primary N) is 1. The maximum Gasteiger partial charge on any atom is 0.325 e. The van der Waals surface area contributed by atoms with Gasteiger partial charge in [-0.2, -0.15) is 0 Å². The van der Waals surface area contributed by atoms with Gasteiger partial charge in [-0.1, -0.05) is 11.6 Å². The zero-order chi connectivity index (χ0) is 10.9. The second-order valence-electron chi connectivity index (χ2n) is 2.64. The van der Waals surface area contributed by atoms with Crippen molar-refractivity contribution < 1.29 is 19.4 Å². The van der Waals surface area contributed by atoms with Gasteiger partial charge in [0.2, 0.25) is 0 Å². The van der Waals surface area contributed by atoms with Crippen molar-refractivity contribution in [3.8, 4) is 5.75 Å². The molecule has 0 radical (unpaired) electrons. The first kappa shape index (κ1) is 10.7. The summed E-state index contributed by atoms with van der Waals surface area (Å²) in [5, 5.41) is 17.7. The molecule has 0 aliphatic rings. The van der Waals surface area contributed by atoms with Crippen LogP contribution in [0, 0.1) is 5.82 Å². The summed E-state index contributed by atoms with van der Waals surface area (Å²) in [6.45, 7) is 0. The zero-order valence-electron chi connectivity index (χ0n) is 6.87. The molecule has 1 rings (SSSR count). The summed E-state index contributed by atoms with van der Waals surface area (Å²) < 4.78 is 12.9. The van der Waals surface area contributed by atoms with Gasteiger partial charge in [-0.05, 0) is 12.1 Å². The van der Waals surface area contributed by atoms with E-state index in [0.29, 0.717) is 0 Å². The van der Waals surface area contributed by atoms with Gasteiger partial charge in [-0.25, -0.2) is 4.39 Å². The van der Waals surface area contributed by atoms with Crippen molar-refractivity contribution in [1.82, 2.24) is 0 Å². The number of carboxylic acids is 1. The molecule has 0 aliphatic carbocycles. The van der Waals surface area contributed by atoms with Gasteiger partial charge in [0.25, 0.3) is 0 Å². The summed E-state index contributed by atoms with van der Waals surface area (Å²) >= 11 is 5.47. The molecule has 4 nitrogen and oxygen atoms in total. The zero-order valence-corrected chi connectivity index (χ0v) is 7.62. The Morgan fingerprint density at radius 2 is 2.14 bits per heavy atom. The molecule has 4 N–H and O–H groups in total. The normalized spacial score (nSPS) is 12.5. The molecule has 0 spiro atoms. The largest absolute Gasteiger partial charge is 0.505 e. The minimum absolute atomic E-state index is 0.0213. The Kier molecular flexibility index (Phi) is 2.93. The molecule has 0 amide bonds. The lowest BCUT2D eigenvalue weighted by Crippen LogP contribution is -2.20. The van der Waals surface area contributed by atoms with E-state index in [1.165, 1.54) is 0 Å². The topological polar surface area (TPSA) is 83.6 Å². The van der Waals surface area contributed by atoms with E-state index in [9.17, 15) is 9.18 Å². The standard InChI is InChI=1S/C8H7ClFNO3/c9-3-1-4(6(11)8(13)14)7(12)5(10)2-3/h1-2,6,12H,11H2,(H,13,14)/t6-/m0/s1. The molecular weight excluding hydrogens is 213 g/mol. The minimum Gasteiger partial charge on any atom is -0.505 e. The third-order valence-electron chi connectivity index (χ3n) is 1.66. The molecule has 0 fully saturated rings. The van der Waals surface area contributed by atoms with Gasteiger partial charge >= 0.3 is 5.97 Å². The van der Waals surface area contributed by atoms with Gasteiger partial charge in [-0.15, -0.1) is 0 Å². The van der Waals surface area contributed by atoms with Crippen molar-refractivity contribution in [3.05, 3.63) is 28.5 Å². The van der Waals surface area contributed by atoms with E-state index in [1.807, 2.05) is 0 Å².